The largest absolute Gasteiger partial charge is 0.437 e. The van der Waals surface area contributed by atoms with Crippen molar-refractivity contribution in [1.29, 1.82) is 0 Å². The number of hydrogen-bond donors (Lipinski definition) is 1. The quantitative estimate of drug-likeness (QED) is 0.823. The number of fused-ring (bicyclic) bond motifs is 2. The molecule has 2 aromatic rings. The maximum absolute atomic E-state index is 9.93. The molecule has 1 aromatic carbocycles. The topological polar surface area (TPSA) is 36.4 Å². The average molecular weight is 358 g/mol. The normalized spacial score (nSPS) is 20.7. The molecule has 0 spiro atoms. The fourth-order valence-corrected chi connectivity index (χ4v) is 4.65. The molecule has 4 rings (SSSR count). The van der Waals surface area contributed by atoms with E-state index in [9.17, 15) is 5.02 Å². The number of allylic oxidation sites excluding steroid dienone is 3. The molecule has 1 atom stereocenters. The van der Waals surface area contributed by atoms with Crippen LogP contribution in [0.2, 0.25) is 6.82 Å². The molecule has 1 aliphatic heterocycles. The summed E-state index contributed by atoms with van der Waals surface area (Å²) in [5, 5.41) is 9.93. The predicted molar refractivity (Wildman–Crippen MR) is 113 cm³/mol. The first-order valence-electron chi connectivity index (χ1n) is 9.99. The maximum Gasteiger partial charge on any atom is 0.376 e. The van der Waals surface area contributed by atoms with E-state index in [0.717, 1.165) is 25.9 Å². The van der Waals surface area contributed by atoms with Gasteiger partial charge < -0.3 is 9.83 Å². The molecule has 0 amide bonds. The van der Waals surface area contributed by atoms with Crippen molar-refractivity contribution in [2.24, 2.45) is 5.92 Å². The van der Waals surface area contributed by atoms with E-state index < -0.39 is 0 Å². The van der Waals surface area contributed by atoms with Crippen LogP contribution in [0.15, 0.2) is 54.7 Å². The first-order chi connectivity index (χ1) is 13.2. The summed E-state index contributed by atoms with van der Waals surface area (Å²) in [5.41, 5.74) is 6.35. The van der Waals surface area contributed by atoms with Crippen LogP contribution in [0.4, 0.5) is 0 Å². The van der Waals surface area contributed by atoms with Gasteiger partial charge >= 0.3 is 7.05 Å². The van der Waals surface area contributed by atoms with Gasteiger partial charge in [0.25, 0.3) is 0 Å². The average Bonchev–Trinajstić information content (AvgIpc) is 2.83. The Balaban J connectivity index is 1.80. The van der Waals surface area contributed by atoms with Gasteiger partial charge in [0.15, 0.2) is 0 Å². The molecule has 2 heterocycles. The lowest BCUT2D eigenvalue weighted by atomic mass is 9.73. The Morgan fingerprint density at radius 3 is 2.67 bits per heavy atom. The van der Waals surface area contributed by atoms with Crippen LogP contribution < -0.4 is 0 Å². The Hall–Kier alpha value is -2.17. The lowest BCUT2D eigenvalue weighted by molar-refractivity contribution is 0.235. The van der Waals surface area contributed by atoms with Crippen molar-refractivity contribution < 1.29 is 5.02 Å². The van der Waals surface area contributed by atoms with Crippen LogP contribution in [0.1, 0.15) is 48.1 Å². The summed E-state index contributed by atoms with van der Waals surface area (Å²) < 4.78 is 0. The summed E-state index contributed by atoms with van der Waals surface area (Å²) in [6.07, 6.45) is 10.7. The molecule has 1 aliphatic carbocycles. The fraction of sp³-hybridized carbons (Fsp3) is 0.348. The molecule has 27 heavy (non-hydrogen) atoms. The molecule has 138 valence electrons. The summed E-state index contributed by atoms with van der Waals surface area (Å²) in [6.45, 7) is 5.82. The minimum atomic E-state index is -0.360. The minimum absolute atomic E-state index is 0.299. The third-order valence-electron chi connectivity index (χ3n) is 6.01. The van der Waals surface area contributed by atoms with Crippen molar-refractivity contribution in [1.82, 2.24) is 9.79 Å². The zero-order valence-corrected chi connectivity index (χ0v) is 16.2. The van der Waals surface area contributed by atoms with Crippen molar-refractivity contribution >= 4 is 18.7 Å². The van der Waals surface area contributed by atoms with E-state index in [1.807, 2.05) is 19.1 Å². The first kappa shape index (κ1) is 18.2. The maximum atomic E-state index is 9.93. The molecule has 4 heteroatoms. The summed E-state index contributed by atoms with van der Waals surface area (Å²) in [4.78, 5) is 7.05. The van der Waals surface area contributed by atoms with Crippen LogP contribution >= 0.6 is 0 Å². The van der Waals surface area contributed by atoms with Crippen LogP contribution in [-0.4, -0.2) is 35.0 Å². The Labute approximate surface area is 162 Å². The second-order valence-electron chi connectivity index (χ2n) is 7.65. The monoisotopic (exact) mass is 358 g/mol. The summed E-state index contributed by atoms with van der Waals surface area (Å²) in [6, 6.07) is 13.0. The van der Waals surface area contributed by atoms with Crippen LogP contribution in [0.25, 0.3) is 11.6 Å². The van der Waals surface area contributed by atoms with Gasteiger partial charge in [-0.05, 0) is 74.4 Å². The van der Waals surface area contributed by atoms with Crippen LogP contribution in [-0.2, 0) is 0 Å². The van der Waals surface area contributed by atoms with Gasteiger partial charge in [-0.3, -0.25) is 4.98 Å². The zero-order chi connectivity index (χ0) is 18.8. The molecule has 3 nitrogen and oxygen atoms in total. The smallest absolute Gasteiger partial charge is 0.376 e. The molecular weight excluding hydrogens is 331 g/mol. The van der Waals surface area contributed by atoms with Crippen molar-refractivity contribution in [3.05, 3.63) is 77.1 Å². The molecule has 1 fully saturated rings. The van der Waals surface area contributed by atoms with Gasteiger partial charge in [0.05, 0.1) is 5.69 Å². The fourth-order valence-electron chi connectivity index (χ4n) is 4.65. The number of pyridine rings is 1. The highest BCUT2D eigenvalue weighted by molar-refractivity contribution is 6.45. The molecule has 1 aromatic heterocycles. The van der Waals surface area contributed by atoms with Crippen LogP contribution in [0.5, 0.6) is 0 Å². The van der Waals surface area contributed by atoms with Gasteiger partial charge in [-0.1, -0.05) is 42.5 Å². The summed E-state index contributed by atoms with van der Waals surface area (Å²) in [5.74, 6) is 0.834. The minimum Gasteiger partial charge on any atom is -0.437 e. The molecule has 0 bridgehead atoms. The molecule has 2 aliphatic rings. The number of benzene rings is 1. The van der Waals surface area contributed by atoms with Crippen molar-refractivity contribution in [2.45, 2.75) is 32.5 Å². The number of piperidine rings is 1. The Bertz CT molecular complexity index is 866. The number of aromatic nitrogens is 1. The zero-order valence-electron chi connectivity index (χ0n) is 16.2. The highest BCUT2D eigenvalue weighted by Gasteiger charge is 2.34. The molecule has 1 saturated heterocycles. The summed E-state index contributed by atoms with van der Waals surface area (Å²) >= 11 is 0. The van der Waals surface area contributed by atoms with E-state index in [1.165, 1.54) is 28.0 Å². The van der Waals surface area contributed by atoms with E-state index in [0.29, 0.717) is 11.8 Å². The molecule has 1 N–H and O–H groups in total. The number of hydrogen-bond acceptors (Lipinski definition) is 3. The van der Waals surface area contributed by atoms with E-state index in [2.05, 4.69) is 60.3 Å². The second-order valence-corrected chi connectivity index (χ2v) is 7.65. The number of rotatable bonds is 3. The van der Waals surface area contributed by atoms with E-state index in [1.54, 1.807) is 0 Å². The van der Waals surface area contributed by atoms with Crippen LogP contribution in [0.3, 0.4) is 0 Å². The molecular formula is C23H27BN2O. The lowest BCUT2D eigenvalue weighted by Gasteiger charge is -2.37. The first-order valence-corrected chi connectivity index (χ1v) is 9.99. The van der Waals surface area contributed by atoms with Crippen molar-refractivity contribution in [3.8, 4) is 0 Å². The van der Waals surface area contributed by atoms with Gasteiger partial charge in [-0.2, -0.15) is 0 Å². The Morgan fingerprint density at radius 1 is 1.15 bits per heavy atom. The SMILES string of the molecule is C/C=C/C1=Cc2ccccc2C(C2CCN(B(C)O)CC2)c2ncccc21. The van der Waals surface area contributed by atoms with Gasteiger partial charge in [0.2, 0.25) is 0 Å². The summed E-state index contributed by atoms with van der Waals surface area (Å²) in [7, 11) is -0.360. The highest BCUT2D eigenvalue weighted by atomic mass is 16.2. The lowest BCUT2D eigenvalue weighted by Crippen LogP contribution is -2.44. The molecule has 0 saturated carbocycles. The van der Waals surface area contributed by atoms with E-state index >= 15 is 0 Å². The van der Waals surface area contributed by atoms with Crippen molar-refractivity contribution in [3.63, 3.8) is 0 Å². The number of nitrogens with zero attached hydrogens (tertiary/aromatic N) is 2. The van der Waals surface area contributed by atoms with Gasteiger partial charge in [-0.25, -0.2) is 0 Å². The van der Waals surface area contributed by atoms with Gasteiger partial charge in [0, 0.05) is 17.7 Å². The Morgan fingerprint density at radius 2 is 1.93 bits per heavy atom. The van der Waals surface area contributed by atoms with Crippen molar-refractivity contribution in [2.75, 3.05) is 13.1 Å². The van der Waals surface area contributed by atoms with Gasteiger partial charge in [-0.15, -0.1) is 0 Å². The standard InChI is InChI=1S/C23H27BN2O/c1-3-7-18-16-19-8-4-5-9-20(19)22(23-21(18)10-6-13-25-23)17-11-14-26(15-12-17)24(2)27/h3-10,13,16-17,22,27H,11-12,14-15H2,1-2H3/b7-3+. The molecule has 1 unspecified atom stereocenters. The van der Waals surface area contributed by atoms with Crippen LogP contribution in [0, 0.1) is 5.92 Å². The third-order valence-corrected chi connectivity index (χ3v) is 6.01. The third kappa shape index (κ3) is 3.52. The second kappa shape index (κ2) is 7.83. The highest BCUT2D eigenvalue weighted by Crippen LogP contribution is 2.44. The Kier molecular flexibility index (Phi) is 5.28. The predicted octanol–water partition coefficient (Wildman–Crippen LogP) is 4.47. The van der Waals surface area contributed by atoms with E-state index in [4.69, 9.17) is 4.98 Å². The van der Waals surface area contributed by atoms with Gasteiger partial charge in [0.1, 0.15) is 0 Å². The van der Waals surface area contributed by atoms with E-state index in [-0.39, 0.29) is 7.05 Å². The molecule has 0 radical (unpaired) electrons.